The maximum absolute atomic E-state index is 12.9. The lowest BCUT2D eigenvalue weighted by Gasteiger charge is -2.43. The zero-order valence-corrected chi connectivity index (χ0v) is 15.0. The van der Waals surface area contributed by atoms with Gasteiger partial charge in [0.25, 0.3) is 0 Å². The van der Waals surface area contributed by atoms with Crippen LogP contribution in [-0.2, 0) is 4.79 Å². The zero-order chi connectivity index (χ0) is 16.6. The highest BCUT2D eigenvalue weighted by atomic mass is 16.1. The normalized spacial score (nSPS) is 31.6. The van der Waals surface area contributed by atoms with E-state index in [-0.39, 0.29) is 11.5 Å². The second-order valence-corrected chi connectivity index (χ2v) is 8.36. The molecule has 128 valence electrons. The van der Waals surface area contributed by atoms with Crippen LogP contribution in [0, 0.1) is 17.3 Å². The Labute approximate surface area is 141 Å². The van der Waals surface area contributed by atoms with E-state index in [0.29, 0.717) is 17.6 Å². The number of allylic oxidation sites excluding steroid dienone is 4. The number of piperidine rings is 1. The van der Waals surface area contributed by atoms with E-state index in [1.807, 2.05) is 0 Å². The smallest absolute Gasteiger partial charge is 0.156 e. The van der Waals surface area contributed by atoms with Crippen molar-refractivity contribution >= 4 is 5.78 Å². The number of rotatable bonds is 3. The molecular weight excluding hydrogens is 284 g/mol. The van der Waals surface area contributed by atoms with E-state index in [1.54, 1.807) is 0 Å². The summed E-state index contributed by atoms with van der Waals surface area (Å²) < 4.78 is 0. The molecule has 2 aliphatic carbocycles. The maximum Gasteiger partial charge on any atom is 0.156 e. The van der Waals surface area contributed by atoms with Gasteiger partial charge in [0, 0.05) is 12.0 Å². The largest absolute Gasteiger partial charge is 0.321 e. The van der Waals surface area contributed by atoms with Crippen molar-refractivity contribution in [2.45, 2.75) is 58.9 Å². The minimum Gasteiger partial charge on any atom is -0.321 e. The third-order valence-electron chi connectivity index (χ3n) is 6.19. The molecule has 0 amide bonds. The summed E-state index contributed by atoms with van der Waals surface area (Å²) in [6.45, 7) is 9.98. The second kappa shape index (κ2) is 6.52. The van der Waals surface area contributed by atoms with Gasteiger partial charge in [0.1, 0.15) is 0 Å². The van der Waals surface area contributed by atoms with E-state index in [0.717, 1.165) is 51.7 Å². The van der Waals surface area contributed by atoms with Gasteiger partial charge in [-0.2, -0.15) is 0 Å². The number of ketones is 1. The van der Waals surface area contributed by atoms with Crippen LogP contribution in [0.5, 0.6) is 0 Å². The number of carbonyl (C=O) groups is 1. The summed E-state index contributed by atoms with van der Waals surface area (Å²) in [5, 5.41) is 0. The van der Waals surface area contributed by atoms with Crippen LogP contribution in [0.4, 0.5) is 0 Å². The molecule has 0 radical (unpaired) electrons. The molecule has 0 aromatic heterocycles. The highest BCUT2D eigenvalue weighted by Crippen LogP contribution is 2.52. The van der Waals surface area contributed by atoms with Crippen molar-refractivity contribution in [2.75, 3.05) is 19.6 Å². The Hall–Kier alpha value is -0.930. The van der Waals surface area contributed by atoms with Gasteiger partial charge < -0.3 is 10.6 Å². The van der Waals surface area contributed by atoms with Crippen LogP contribution < -0.4 is 5.73 Å². The first-order valence-electron chi connectivity index (χ1n) is 9.31. The summed E-state index contributed by atoms with van der Waals surface area (Å²) in [7, 11) is 0. The van der Waals surface area contributed by atoms with E-state index in [2.05, 4.69) is 37.8 Å². The number of hydrogen-bond donors (Lipinski definition) is 1. The van der Waals surface area contributed by atoms with Crippen LogP contribution >= 0.6 is 0 Å². The Balaban J connectivity index is 1.79. The molecule has 3 aliphatic rings. The molecule has 3 rings (SSSR count). The minimum atomic E-state index is -0.246. The fourth-order valence-corrected chi connectivity index (χ4v) is 4.93. The van der Waals surface area contributed by atoms with Gasteiger partial charge in [-0.15, -0.1) is 0 Å². The van der Waals surface area contributed by atoms with E-state index >= 15 is 0 Å². The second-order valence-electron chi connectivity index (χ2n) is 8.36. The van der Waals surface area contributed by atoms with Gasteiger partial charge in [0.15, 0.2) is 5.78 Å². The van der Waals surface area contributed by atoms with Gasteiger partial charge in [-0.05, 0) is 64.0 Å². The van der Waals surface area contributed by atoms with Gasteiger partial charge >= 0.3 is 0 Å². The van der Waals surface area contributed by atoms with E-state index in [9.17, 15) is 4.79 Å². The molecule has 0 aromatic rings. The first-order chi connectivity index (χ1) is 10.9. The molecule has 2 N–H and O–H groups in total. The van der Waals surface area contributed by atoms with Crippen molar-refractivity contribution < 1.29 is 4.79 Å². The third kappa shape index (κ3) is 3.18. The van der Waals surface area contributed by atoms with Gasteiger partial charge in [0.05, 0.1) is 6.04 Å². The predicted octanol–water partition coefficient (Wildman–Crippen LogP) is 3.31. The number of nitrogens with two attached hydrogens (primary N) is 1. The zero-order valence-electron chi connectivity index (χ0n) is 15.0. The van der Waals surface area contributed by atoms with Crippen molar-refractivity contribution in [3.63, 3.8) is 0 Å². The number of likely N-dealkylation sites (tertiary alicyclic amines) is 1. The summed E-state index contributed by atoms with van der Waals surface area (Å²) in [4.78, 5) is 15.5. The van der Waals surface area contributed by atoms with Gasteiger partial charge in [-0.25, -0.2) is 0 Å². The van der Waals surface area contributed by atoms with Gasteiger partial charge in [-0.1, -0.05) is 37.1 Å². The third-order valence-corrected chi connectivity index (χ3v) is 6.19. The number of hydrogen-bond acceptors (Lipinski definition) is 3. The quantitative estimate of drug-likeness (QED) is 0.869. The van der Waals surface area contributed by atoms with Gasteiger partial charge in [-0.3, -0.25) is 4.79 Å². The van der Waals surface area contributed by atoms with Crippen molar-refractivity contribution in [3.8, 4) is 0 Å². The fraction of sp³-hybridized carbons (Fsp3) is 0.750. The number of Topliss-reactive ketones (excluding diaryl/α,β-unsaturated/α-hetero) is 1. The van der Waals surface area contributed by atoms with E-state index < -0.39 is 0 Å². The van der Waals surface area contributed by atoms with Crippen molar-refractivity contribution in [3.05, 3.63) is 23.3 Å². The van der Waals surface area contributed by atoms with Crippen molar-refractivity contribution in [1.29, 1.82) is 0 Å². The molecule has 1 saturated carbocycles. The molecule has 1 spiro atoms. The maximum atomic E-state index is 12.9. The Morgan fingerprint density at radius 3 is 2.52 bits per heavy atom. The van der Waals surface area contributed by atoms with Gasteiger partial charge in [0.2, 0.25) is 0 Å². The number of carbonyl (C=O) groups excluding carboxylic acids is 1. The monoisotopic (exact) mass is 316 g/mol. The standard InChI is InChI=1S/C20H32N2O/c1-14(2)13-22-10-8-20(9-11-22)17(12-18(21)19(20)23)16-6-4-15(3)5-7-16/h4,6,14,17-18H,5,7-13,21H2,1-3H3. The first-order valence-corrected chi connectivity index (χ1v) is 9.31. The highest BCUT2D eigenvalue weighted by molar-refractivity contribution is 5.93. The highest BCUT2D eigenvalue weighted by Gasteiger charge is 2.55. The average molecular weight is 316 g/mol. The van der Waals surface area contributed by atoms with Crippen molar-refractivity contribution in [1.82, 2.24) is 4.90 Å². The van der Waals surface area contributed by atoms with Crippen LogP contribution in [0.25, 0.3) is 0 Å². The Morgan fingerprint density at radius 1 is 1.26 bits per heavy atom. The molecule has 3 heteroatoms. The van der Waals surface area contributed by atoms with Crippen LogP contribution in [0.3, 0.4) is 0 Å². The fourth-order valence-electron chi connectivity index (χ4n) is 4.93. The molecule has 1 heterocycles. The summed E-state index contributed by atoms with van der Waals surface area (Å²) in [6, 6.07) is -0.246. The Morgan fingerprint density at radius 2 is 1.96 bits per heavy atom. The molecule has 2 unspecified atom stereocenters. The lowest BCUT2D eigenvalue weighted by molar-refractivity contribution is -0.130. The Kier molecular flexibility index (Phi) is 4.80. The first kappa shape index (κ1) is 16.9. The molecule has 1 aliphatic heterocycles. The summed E-state index contributed by atoms with van der Waals surface area (Å²) in [6.07, 6.45) is 9.65. The minimum absolute atomic E-state index is 0.169. The predicted molar refractivity (Wildman–Crippen MR) is 95.1 cm³/mol. The topological polar surface area (TPSA) is 46.3 Å². The van der Waals surface area contributed by atoms with Crippen LogP contribution in [-0.4, -0.2) is 36.4 Å². The van der Waals surface area contributed by atoms with E-state index in [1.165, 1.54) is 11.1 Å². The molecule has 2 fully saturated rings. The molecule has 2 atom stereocenters. The summed E-state index contributed by atoms with van der Waals surface area (Å²) in [5.74, 6) is 1.42. The van der Waals surface area contributed by atoms with Crippen LogP contribution in [0.2, 0.25) is 0 Å². The van der Waals surface area contributed by atoms with Crippen LogP contribution in [0.1, 0.15) is 52.9 Å². The SMILES string of the molecule is CC1=CC=C(C2CC(N)C(=O)C23CCN(CC(C)C)CC3)CC1. The lowest BCUT2D eigenvalue weighted by atomic mass is 9.66. The molecule has 1 saturated heterocycles. The molecule has 3 nitrogen and oxygen atoms in total. The average Bonchev–Trinajstić information content (AvgIpc) is 2.75. The van der Waals surface area contributed by atoms with E-state index in [4.69, 9.17) is 5.73 Å². The van der Waals surface area contributed by atoms with Crippen molar-refractivity contribution in [2.24, 2.45) is 23.0 Å². The summed E-state index contributed by atoms with van der Waals surface area (Å²) in [5.41, 5.74) is 8.98. The Bertz CT molecular complexity index is 524. The number of nitrogens with zero attached hydrogens (tertiary/aromatic N) is 1. The molecule has 23 heavy (non-hydrogen) atoms. The lowest BCUT2D eigenvalue weighted by Crippen LogP contribution is -2.48. The van der Waals surface area contributed by atoms with Crippen LogP contribution in [0.15, 0.2) is 23.3 Å². The molecule has 0 bridgehead atoms. The molecular formula is C20H32N2O. The molecule has 0 aromatic carbocycles. The summed E-state index contributed by atoms with van der Waals surface area (Å²) >= 11 is 0.